The van der Waals surface area contributed by atoms with E-state index in [0.717, 1.165) is 12.2 Å². The molecule has 0 atom stereocenters. The van der Waals surface area contributed by atoms with Gasteiger partial charge in [-0.2, -0.15) is 5.48 Å². The normalized spacial score (nSPS) is 21.4. The van der Waals surface area contributed by atoms with Crippen LogP contribution in [0, 0.1) is 0 Å². The van der Waals surface area contributed by atoms with Crippen molar-refractivity contribution < 1.29 is 9.63 Å². The van der Waals surface area contributed by atoms with E-state index in [1.807, 2.05) is 6.08 Å². The van der Waals surface area contributed by atoms with Crippen LogP contribution in [-0.4, -0.2) is 12.5 Å². The lowest BCUT2D eigenvalue weighted by Gasteiger charge is -2.12. The van der Waals surface area contributed by atoms with Gasteiger partial charge in [0.25, 0.3) is 5.91 Å². The molecule has 4 heteroatoms. The molecule has 0 bridgehead atoms. The van der Waals surface area contributed by atoms with E-state index in [4.69, 9.17) is 4.84 Å². The maximum atomic E-state index is 10.6. The molecular weight excluding hydrogens is 132 g/mol. The molecule has 2 heterocycles. The van der Waals surface area contributed by atoms with Crippen LogP contribution in [0.2, 0.25) is 0 Å². The van der Waals surface area contributed by atoms with Crippen LogP contribution in [0.1, 0.15) is 0 Å². The largest absolute Gasteiger partial charge is 0.378 e. The maximum Gasteiger partial charge on any atom is 0.278 e. The highest BCUT2D eigenvalue weighted by atomic mass is 16.7. The van der Waals surface area contributed by atoms with Crippen LogP contribution in [0.25, 0.3) is 0 Å². The lowest BCUT2D eigenvalue weighted by atomic mass is 10.3. The minimum Gasteiger partial charge on any atom is -0.378 e. The van der Waals surface area contributed by atoms with Crippen molar-refractivity contribution in [1.29, 1.82) is 0 Å². The van der Waals surface area contributed by atoms with E-state index in [-0.39, 0.29) is 5.91 Å². The Morgan fingerprint density at radius 2 is 2.50 bits per heavy atom. The molecule has 0 saturated carbocycles. The van der Waals surface area contributed by atoms with Gasteiger partial charge in [0.2, 0.25) is 0 Å². The first-order valence-electron chi connectivity index (χ1n) is 2.99. The molecule has 0 aliphatic carbocycles. The maximum absolute atomic E-state index is 10.6. The lowest BCUT2D eigenvalue weighted by molar-refractivity contribution is -0.126. The van der Waals surface area contributed by atoms with Crippen molar-refractivity contribution >= 4 is 5.91 Å². The SMILES string of the molecule is O=C1C=C2NCC=C2ON1. The van der Waals surface area contributed by atoms with E-state index < -0.39 is 0 Å². The highest BCUT2D eigenvalue weighted by molar-refractivity contribution is 5.89. The lowest BCUT2D eigenvalue weighted by Crippen LogP contribution is -2.28. The van der Waals surface area contributed by atoms with Crippen molar-refractivity contribution in [3.05, 3.63) is 23.6 Å². The van der Waals surface area contributed by atoms with E-state index in [1.165, 1.54) is 6.08 Å². The molecule has 0 radical (unpaired) electrons. The zero-order chi connectivity index (χ0) is 6.97. The molecule has 2 aliphatic rings. The van der Waals surface area contributed by atoms with Gasteiger partial charge in [0, 0.05) is 12.6 Å². The predicted octanol–water partition coefficient (Wildman–Crippen LogP) is -0.581. The molecule has 0 fully saturated rings. The number of hydroxylamine groups is 1. The van der Waals surface area contributed by atoms with Gasteiger partial charge < -0.3 is 10.2 Å². The average Bonchev–Trinajstić information content (AvgIpc) is 2.33. The molecule has 0 spiro atoms. The van der Waals surface area contributed by atoms with Crippen molar-refractivity contribution in [2.45, 2.75) is 0 Å². The topological polar surface area (TPSA) is 50.4 Å². The van der Waals surface area contributed by atoms with Crippen molar-refractivity contribution in [2.24, 2.45) is 0 Å². The summed E-state index contributed by atoms with van der Waals surface area (Å²) in [6.07, 6.45) is 3.34. The van der Waals surface area contributed by atoms with Crippen LogP contribution in [0.4, 0.5) is 0 Å². The van der Waals surface area contributed by atoms with Crippen LogP contribution in [-0.2, 0) is 9.63 Å². The Balaban J connectivity index is 2.36. The summed E-state index contributed by atoms with van der Waals surface area (Å²) in [5.74, 6) is 0.487. The van der Waals surface area contributed by atoms with E-state index in [0.29, 0.717) is 5.76 Å². The van der Waals surface area contributed by atoms with Gasteiger partial charge in [-0.3, -0.25) is 4.79 Å². The van der Waals surface area contributed by atoms with Crippen LogP contribution in [0.3, 0.4) is 0 Å². The van der Waals surface area contributed by atoms with E-state index in [9.17, 15) is 4.79 Å². The third-order valence-electron chi connectivity index (χ3n) is 1.38. The van der Waals surface area contributed by atoms with Gasteiger partial charge in [-0.1, -0.05) is 0 Å². The van der Waals surface area contributed by atoms with E-state index in [2.05, 4.69) is 10.8 Å². The fraction of sp³-hybridized carbons (Fsp3) is 0.167. The van der Waals surface area contributed by atoms with Gasteiger partial charge in [0.15, 0.2) is 5.76 Å². The van der Waals surface area contributed by atoms with Crippen LogP contribution >= 0.6 is 0 Å². The Kier molecular flexibility index (Phi) is 0.943. The molecule has 1 amide bonds. The fourth-order valence-corrected chi connectivity index (χ4v) is 0.935. The molecule has 2 aliphatic heterocycles. The fourth-order valence-electron chi connectivity index (χ4n) is 0.935. The molecule has 0 unspecified atom stereocenters. The first kappa shape index (κ1) is 5.34. The van der Waals surface area contributed by atoms with Crippen molar-refractivity contribution in [1.82, 2.24) is 10.8 Å². The second kappa shape index (κ2) is 1.76. The summed E-state index contributed by atoms with van der Waals surface area (Å²) in [6, 6.07) is 0. The summed E-state index contributed by atoms with van der Waals surface area (Å²) in [7, 11) is 0. The minimum atomic E-state index is -0.221. The number of fused-ring (bicyclic) bond motifs is 1. The number of nitrogens with one attached hydrogen (secondary N) is 2. The van der Waals surface area contributed by atoms with E-state index >= 15 is 0 Å². The second-order valence-electron chi connectivity index (χ2n) is 2.08. The Labute approximate surface area is 57.5 Å². The molecule has 0 aromatic heterocycles. The van der Waals surface area contributed by atoms with Crippen LogP contribution < -0.4 is 10.8 Å². The average molecular weight is 138 g/mol. The summed E-state index contributed by atoms with van der Waals surface area (Å²) in [5.41, 5.74) is 3.00. The summed E-state index contributed by atoms with van der Waals surface area (Å²) in [5, 5.41) is 2.97. The van der Waals surface area contributed by atoms with Gasteiger partial charge in [-0.15, -0.1) is 0 Å². The van der Waals surface area contributed by atoms with Crippen molar-refractivity contribution in [3.8, 4) is 0 Å². The number of carbonyl (C=O) groups is 1. The Morgan fingerprint density at radius 1 is 1.60 bits per heavy atom. The monoisotopic (exact) mass is 138 g/mol. The van der Waals surface area contributed by atoms with Crippen LogP contribution in [0.15, 0.2) is 23.6 Å². The quantitative estimate of drug-likeness (QED) is 0.470. The molecule has 0 saturated heterocycles. The number of amides is 1. The highest BCUT2D eigenvalue weighted by Crippen LogP contribution is 2.14. The zero-order valence-electron chi connectivity index (χ0n) is 5.18. The Morgan fingerprint density at radius 3 is 3.40 bits per heavy atom. The Bertz CT molecular complexity index is 242. The van der Waals surface area contributed by atoms with Gasteiger partial charge >= 0.3 is 0 Å². The molecule has 2 rings (SSSR count). The van der Waals surface area contributed by atoms with Gasteiger partial charge in [-0.25, -0.2) is 0 Å². The summed E-state index contributed by atoms with van der Waals surface area (Å²) < 4.78 is 0. The first-order valence-corrected chi connectivity index (χ1v) is 2.99. The number of hydrogen-bond donors (Lipinski definition) is 2. The summed E-state index contributed by atoms with van der Waals surface area (Å²) in [4.78, 5) is 15.5. The first-order chi connectivity index (χ1) is 4.86. The van der Waals surface area contributed by atoms with Crippen molar-refractivity contribution in [3.63, 3.8) is 0 Å². The third-order valence-corrected chi connectivity index (χ3v) is 1.38. The summed E-state index contributed by atoms with van der Waals surface area (Å²) in [6.45, 7) is 0.732. The zero-order valence-corrected chi connectivity index (χ0v) is 5.18. The van der Waals surface area contributed by atoms with Gasteiger partial charge in [-0.05, 0) is 6.08 Å². The molecule has 2 N–H and O–H groups in total. The predicted molar refractivity (Wildman–Crippen MR) is 33.4 cm³/mol. The molecule has 10 heavy (non-hydrogen) atoms. The number of carbonyl (C=O) groups excluding carboxylic acids is 1. The molecule has 4 nitrogen and oxygen atoms in total. The summed E-state index contributed by atoms with van der Waals surface area (Å²) >= 11 is 0. The van der Waals surface area contributed by atoms with E-state index in [1.54, 1.807) is 0 Å². The Hall–Kier alpha value is -1.45. The smallest absolute Gasteiger partial charge is 0.278 e. The molecule has 0 aromatic carbocycles. The molecule has 52 valence electrons. The molecular formula is C6H6N2O2. The van der Waals surface area contributed by atoms with Crippen molar-refractivity contribution in [2.75, 3.05) is 6.54 Å². The van der Waals surface area contributed by atoms with Crippen LogP contribution in [0.5, 0.6) is 0 Å². The standard InChI is InChI=1S/C6H6N2O2/c9-6-3-4-5(10-8-6)1-2-7-4/h1,3,7H,2H2,(H,8,9). The number of hydrogen-bond acceptors (Lipinski definition) is 3. The highest BCUT2D eigenvalue weighted by Gasteiger charge is 2.19. The molecule has 0 aromatic rings. The minimum absolute atomic E-state index is 0.221. The van der Waals surface area contributed by atoms with Gasteiger partial charge in [0.05, 0.1) is 5.70 Å². The third kappa shape index (κ3) is 0.655. The van der Waals surface area contributed by atoms with Gasteiger partial charge in [0.1, 0.15) is 0 Å². The second-order valence-corrected chi connectivity index (χ2v) is 2.08. The number of rotatable bonds is 0.